The van der Waals surface area contributed by atoms with Gasteiger partial charge in [-0.05, 0) is 52.7 Å². The Morgan fingerprint density at radius 1 is 1.30 bits per heavy atom. The van der Waals surface area contributed by atoms with Crippen LogP contribution in [-0.2, 0) is 11.8 Å². The van der Waals surface area contributed by atoms with Crippen LogP contribution < -0.4 is 10.1 Å². The molecule has 1 amide bonds. The molecule has 0 bridgehead atoms. The summed E-state index contributed by atoms with van der Waals surface area (Å²) in [5.41, 5.74) is 1.20. The van der Waals surface area contributed by atoms with Gasteiger partial charge in [-0.15, -0.1) is 0 Å². The fourth-order valence-corrected chi connectivity index (χ4v) is 2.52. The number of benzene rings is 1. The molecular formula is C16H17BrN2O4. The van der Waals surface area contributed by atoms with Crippen LogP contribution >= 0.6 is 15.9 Å². The average molecular weight is 381 g/mol. The summed E-state index contributed by atoms with van der Waals surface area (Å²) < 4.78 is 8.02. The minimum absolute atomic E-state index is 0.0837. The summed E-state index contributed by atoms with van der Waals surface area (Å²) in [5, 5.41) is 11.4. The molecule has 0 unspecified atom stereocenters. The van der Waals surface area contributed by atoms with Gasteiger partial charge in [-0.3, -0.25) is 9.59 Å². The van der Waals surface area contributed by atoms with Gasteiger partial charge in [-0.2, -0.15) is 0 Å². The molecule has 23 heavy (non-hydrogen) atoms. The SMILES string of the molecule is Cn1cc(Br)cc1C(=O)Nc1ccc(OCCCC(=O)O)cc1. The van der Waals surface area contributed by atoms with Crippen molar-refractivity contribution in [3.05, 3.63) is 46.7 Å². The van der Waals surface area contributed by atoms with E-state index in [0.717, 1.165) is 4.47 Å². The number of anilines is 1. The van der Waals surface area contributed by atoms with Gasteiger partial charge < -0.3 is 19.7 Å². The van der Waals surface area contributed by atoms with Crippen molar-refractivity contribution in [3.63, 3.8) is 0 Å². The number of halogens is 1. The summed E-state index contributed by atoms with van der Waals surface area (Å²) in [4.78, 5) is 22.6. The highest BCUT2D eigenvalue weighted by Gasteiger charge is 2.11. The van der Waals surface area contributed by atoms with E-state index in [9.17, 15) is 9.59 Å². The van der Waals surface area contributed by atoms with E-state index in [1.807, 2.05) is 6.20 Å². The Hall–Kier alpha value is -2.28. The summed E-state index contributed by atoms with van der Waals surface area (Å²) in [6.07, 6.45) is 2.35. The van der Waals surface area contributed by atoms with Gasteiger partial charge in [0, 0.05) is 29.8 Å². The van der Waals surface area contributed by atoms with Gasteiger partial charge in [0.25, 0.3) is 5.91 Å². The first-order chi connectivity index (χ1) is 11.0. The standard InChI is InChI=1S/C16H17BrN2O4/c1-19-10-11(17)9-14(19)16(22)18-12-4-6-13(7-5-12)23-8-2-3-15(20)21/h4-7,9-10H,2-3,8H2,1H3,(H,18,22)(H,20,21). The van der Waals surface area contributed by atoms with Gasteiger partial charge in [-0.1, -0.05) is 0 Å². The predicted octanol–water partition coefficient (Wildman–Crippen LogP) is 3.28. The van der Waals surface area contributed by atoms with E-state index >= 15 is 0 Å². The Morgan fingerprint density at radius 3 is 2.57 bits per heavy atom. The lowest BCUT2D eigenvalue weighted by molar-refractivity contribution is -0.137. The molecule has 0 aliphatic rings. The molecule has 122 valence electrons. The molecular weight excluding hydrogens is 364 g/mol. The van der Waals surface area contributed by atoms with Crippen molar-refractivity contribution in [2.45, 2.75) is 12.8 Å². The monoisotopic (exact) mass is 380 g/mol. The van der Waals surface area contributed by atoms with E-state index in [1.54, 1.807) is 41.9 Å². The van der Waals surface area contributed by atoms with E-state index in [4.69, 9.17) is 9.84 Å². The zero-order valence-electron chi connectivity index (χ0n) is 12.6. The van der Waals surface area contributed by atoms with E-state index in [1.165, 1.54) is 0 Å². The second kappa shape index (κ2) is 7.82. The highest BCUT2D eigenvalue weighted by Crippen LogP contribution is 2.18. The molecule has 2 rings (SSSR count). The molecule has 1 aromatic carbocycles. The van der Waals surface area contributed by atoms with Crippen LogP contribution in [0.15, 0.2) is 41.0 Å². The molecule has 0 spiro atoms. The number of nitrogens with one attached hydrogen (secondary N) is 1. The van der Waals surface area contributed by atoms with Crippen molar-refractivity contribution in [1.82, 2.24) is 4.57 Å². The number of hydrogen-bond donors (Lipinski definition) is 2. The van der Waals surface area contributed by atoms with Gasteiger partial charge >= 0.3 is 5.97 Å². The smallest absolute Gasteiger partial charge is 0.303 e. The fourth-order valence-electron chi connectivity index (χ4n) is 1.99. The Kier molecular flexibility index (Phi) is 5.81. The van der Waals surface area contributed by atoms with Crippen LogP contribution in [0.2, 0.25) is 0 Å². The molecule has 0 aliphatic carbocycles. The van der Waals surface area contributed by atoms with E-state index in [2.05, 4.69) is 21.2 Å². The highest BCUT2D eigenvalue weighted by molar-refractivity contribution is 9.10. The summed E-state index contributed by atoms with van der Waals surface area (Å²) in [6.45, 7) is 0.343. The minimum atomic E-state index is -0.834. The number of rotatable bonds is 7. The lowest BCUT2D eigenvalue weighted by Crippen LogP contribution is -2.15. The normalized spacial score (nSPS) is 10.3. The maximum absolute atomic E-state index is 12.2. The number of aliphatic carboxylic acids is 1. The number of aromatic nitrogens is 1. The largest absolute Gasteiger partial charge is 0.494 e. The first-order valence-electron chi connectivity index (χ1n) is 7.03. The number of ether oxygens (including phenoxy) is 1. The minimum Gasteiger partial charge on any atom is -0.494 e. The van der Waals surface area contributed by atoms with Gasteiger partial charge in [-0.25, -0.2) is 0 Å². The molecule has 0 atom stereocenters. The molecule has 0 fully saturated rings. The predicted molar refractivity (Wildman–Crippen MR) is 89.9 cm³/mol. The van der Waals surface area contributed by atoms with Crippen molar-refractivity contribution in [1.29, 1.82) is 0 Å². The van der Waals surface area contributed by atoms with Gasteiger partial charge in [0.1, 0.15) is 11.4 Å². The lowest BCUT2D eigenvalue weighted by atomic mass is 10.3. The van der Waals surface area contributed by atoms with E-state index in [0.29, 0.717) is 30.2 Å². The molecule has 2 N–H and O–H groups in total. The van der Waals surface area contributed by atoms with E-state index < -0.39 is 5.97 Å². The van der Waals surface area contributed by atoms with Crippen LogP contribution in [0, 0.1) is 0 Å². The number of nitrogens with zero attached hydrogens (tertiary/aromatic N) is 1. The van der Waals surface area contributed by atoms with Crippen LogP contribution in [0.4, 0.5) is 5.69 Å². The quantitative estimate of drug-likeness (QED) is 0.722. The molecule has 0 saturated carbocycles. The maximum Gasteiger partial charge on any atom is 0.303 e. The number of carboxylic acid groups (broad SMARTS) is 1. The maximum atomic E-state index is 12.2. The van der Waals surface area contributed by atoms with Crippen molar-refractivity contribution < 1.29 is 19.4 Å². The van der Waals surface area contributed by atoms with Gasteiger partial charge in [0.05, 0.1) is 6.61 Å². The molecule has 7 heteroatoms. The van der Waals surface area contributed by atoms with Crippen molar-refractivity contribution in [2.75, 3.05) is 11.9 Å². The molecule has 0 saturated heterocycles. The Bertz CT molecular complexity index is 695. The Balaban J connectivity index is 1.88. The van der Waals surface area contributed by atoms with Crippen LogP contribution in [0.1, 0.15) is 23.3 Å². The number of hydrogen-bond acceptors (Lipinski definition) is 3. The first-order valence-corrected chi connectivity index (χ1v) is 7.83. The first kappa shape index (κ1) is 17.1. The summed E-state index contributed by atoms with van der Waals surface area (Å²) >= 11 is 3.33. The molecule has 0 radical (unpaired) electrons. The fraction of sp³-hybridized carbons (Fsp3) is 0.250. The third-order valence-corrected chi connectivity index (χ3v) is 3.55. The second-order valence-corrected chi connectivity index (χ2v) is 5.89. The van der Waals surface area contributed by atoms with Crippen LogP contribution in [-0.4, -0.2) is 28.2 Å². The molecule has 2 aromatic rings. The topological polar surface area (TPSA) is 80.6 Å². The van der Waals surface area contributed by atoms with Crippen LogP contribution in [0.25, 0.3) is 0 Å². The zero-order chi connectivity index (χ0) is 16.8. The number of carboxylic acids is 1. The highest BCUT2D eigenvalue weighted by atomic mass is 79.9. The molecule has 1 aromatic heterocycles. The third-order valence-electron chi connectivity index (χ3n) is 3.12. The number of amides is 1. The van der Waals surface area contributed by atoms with Crippen LogP contribution in [0.5, 0.6) is 5.75 Å². The van der Waals surface area contributed by atoms with Crippen LogP contribution in [0.3, 0.4) is 0 Å². The summed E-state index contributed by atoms with van der Waals surface area (Å²) in [7, 11) is 1.80. The Labute approximate surface area is 142 Å². The van der Waals surface area contributed by atoms with Gasteiger partial charge in [0.2, 0.25) is 0 Å². The second-order valence-electron chi connectivity index (χ2n) is 4.98. The van der Waals surface area contributed by atoms with Crippen molar-refractivity contribution in [2.24, 2.45) is 7.05 Å². The van der Waals surface area contributed by atoms with Crippen molar-refractivity contribution in [3.8, 4) is 5.75 Å². The lowest BCUT2D eigenvalue weighted by Gasteiger charge is -2.08. The number of carbonyl (C=O) groups excluding carboxylic acids is 1. The molecule has 1 heterocycles. The molecule has 0 aliphatic heterocycles. The van der Waals surface area contributed by atoms with Crippen molar-refractivity contribution >= 4 is 33.5 Å². The third kappa shape index (κ3) is 5.14. The Morgan fingerprint density at radius 2 is 2.00 bits per heavy atom. The van der Waals surface area contributed by atoms with E-state index in [-0.39, 0.29) is 12.3 Å². The summed E-state index contributed by atoms with van der Waals surface area (Å²) in [5.74, 6) is -0.401. The summed E-state index contributed by atoms with van der Waals surface area (Å²) in [6, 6.07) is 8.69. The average Bonchev–Trinajstić information content (AvgIpc) is 2.84. The number of aryl methyl sites for hydroxylation is 1. The zero-order valence-corrected chi connectivity index (χ0v) is 14.2. The van der Waals surface area contributed by atoms with Gasteiger partial charge in [0.15, 0.2) is 0 Å². The number of carbonyl (C=O) groups is 2. The molecule has 6 nitrogen and oxygen atoms in total.